The average molecular weight is 459 g/mol. The van der Waals surface area contributed by atoms with E-state index in [0.717, 1.165) is 16.8 Å². The van der Waals surface area contributed by atoms with Gasteiger partial charge in [-0.1, -0.05) is 18.2 Å². The van der Waals surface area contributed by atoms with E-state index in [2.05, 4.69) is 0 Å². The highest BCUT2D eigenvalue weighted by Gasteiger charge is 2.47. The quantitative estimate of drug-likeness (QED) is 0.302. The summed E-state index contributed by atoms with van der Waals surface area (Å²) in [7, 11) is 0. The zero-order chi connectivity index (χ0) is 24.0. The maximum absolute atomic E-state index is 12.8. The zero-order valence-electron chi connectivity index (χ0n) is 19.2. The van der Waals surface area contributed by atoms with E-state index in [1.54, 1.807) is 29.2 Å². The molecule has 174 valence electrons. The molecule has 0 unspecified atom stereocenters. The van der Waals surface area contributed by atoms with Crippen molar-refractivity contribution >= 4 is 35.1 Å². The SMILES string of the molecule is Cc1cc(C)cc(N2C[C@@H](C(=O)Oc3ccc(N4C(=O)[C@H]5CC=CC[C@H]5C4=O)cc3)CC2=O)c1. The van der Waals surface area contributed by atoms with Crippen molar-refractivity contribution in [2.24, 2.45) is 17.8 Å². The molecule has 0 aromatic heterocycles. The zero-order valence-corrected chi connectivity index (χ0v) is 19.2. The monoisotopic (exact) mass is 458 g/mol. The number of imide groups is 1. The number of hydrogen-bond donors (Lipinski definition) is 0. The van der Waals surface area contributed by atoms with Crippen molar-refractivity contribution in [3.8, 4) is 5.75 Å². The van der Waals surface area contributed by atoms with E-state index in [4.69, 9.17) is 4.74 Å². The van der Waals surface area contributed by atoms with Crippen LogP contribution < -0.4 is 14.5 Å². The maximum Gasteiger partial charge on any atom is 0.316 e. The largest absolute Gasteiger partial charge is 0.426 e. The van der Waals surface area contributed by atoms with Crippen LogP contribution in [0.3, 0.4) is 0 Å². The second-order valence-electron chi connectivity index (χ2n) is 9.33. The molecule has 0 bridgehead atoms. The minimum Gasteiger partial charge on any atom is -0.426 e. The number of hydrogen-bond acceptors (Lipinski definition) is 5. The molecule has 2 aliphatic heterocycles. The number of allylic oxidation sites excluding steroid dienone is 2. The maximum atomic E-state index is 12.8. The number of carbonyl (C=O) groups is 4. The minimum atomic E-state index is -0.564. The predicted octanol–water partition coefficient (Wildman–Crippen LogP) is 3.72. The fourth-order valence-corrected chi connectivity index (χ4v) is 5.14. The molecule has 3 aliphatic rings. The number of fused-ring (bicyclic) bond motifs is 1. The molecule has 2 heterocycles. The van der Waals surface area contributed by atoms with Crippen LogP contribution in [0.25, 0.3) is 0 Å². The Hall–Kier alpha value is -3.74. The Morgan fingerprint density at radius 3 is 2.03 bits per heavy atom. The van der Waals surface area contributed by atoms with Gasteiger partial charge in [-0.05, 0) is 74.2 Å². The van der Waals surface area contributed by atoms with Crippen molar-refractivity contribution in [1.82, 2.24) is 0 Å². The number of benzene rings is 2. The molecule has 1 aliphatic carbocycles. The molecular formula is C27H26N2O5. The van der Waals surface area contributed by atoms with E-state index >= 15 is 0 Å². The average Bonchev–Trinajstić information content (AvgIpc) is 3.32. The van der Waals surface area contributed by atoms with Gasteiger partial charge in [-0.15, -0.1) is 0 Å². The summed E-state index contributed by atoms with van der Waals surface area (Å²) >= 11 is 0. The third-order valence-corrected chi connectivity index (χ3v) is 6.80. The van der Waals surface area contributed by atoms with Gasteiger partial charge in [0.15, 0.2) is 0 Å². The van der Waals surface area contributed by atoms with Crippen molar-refractivity contribution in [3.63, 3.8) is 0 Å². The van der Waals surface area contributed by atoms with Crippen molar-refractivity contribution in [3.05, 3.63) is 65.7 Å². The lowest BCUT2D eigenvalue weighted by Crippen LogP contribution is -2.30. The highest BCUT2D eigenvalue weighted by molar-refractivity contribution is 6.22. The first kappa shape index (κ1) is 22.1. The number of anilines is 2. The van der Waals surface area contributed by atoms with Gasteiger partial charge in [-0.25, -0.2) is 0 Å². The number of nitrogens with zero attached hydrogens (tertiary/aromatic N) is 2. The van der Waals surface area contributed by atoms with Crippen LogP contribution in [0.5, 0.6) is 5.75 Å². The molecule has 2 aromatic carbocycles. The van der Waals surface area contributed by atoms with E-state index in [1.807, 2.05) is 44.2 Å². The van der Waals surface area contributed by atoms with Gasteiger partial charge in [0, 0.05) is 18.7 Å². The molecule has 7 nitrogen and oxygen atoms in total. The van der Waals surface area contributed by atoms with Crippen molar-refractivity contribution in [2.75, 3.05) is 16.3 Å². The summed E-state index contributed by atoms with van der Waals surface area (Å²) in [5.41, 5.74) is 3.37. The summed E-state index contributed by atoms with van der Waals surface area (Å²) in [6.07, 6.45) is 5.17. The molecule has 34 heavy (non-hydrogen) atoms. The summed E-state index contributed by atoms with van der Waals surface area (Å²) in [5.74, 6) is -1.79. The van der Waals surface area contributed by atoms with Crippen molar-refractivity contribution in [1.29, 1.82) is 0 Å². The molecule has 3 amide bonds. The van der Waals surface area contributed by atoms with Crippen LogP contribution in [-0.2, 0) is 19.2 Å². The fourth-order valence-electron chi connectivity index (χ4n) is 5.14. The molecule has 0 N–H and O–H groups in total. The molecule has 2 saturated heterocycles. The van der Waals surface area contributed by atoms with Gasteiger partial charge in [0.2, 0.25) is 17.7 Å². The Morgan fingerprint density at radius 2 is 1.44 bits per heavy atom. The predicted molar refractivity (Wildman–Crippen MR) is 126 cm³/mol. The number of amides is 3. The van der Waals surface area contributed by atoms with E-state index in [-0.39, 0.29) is 42.5 Å². The highest BCUT2D eigenvalue weighted by Crippen LogP contribution is 2.38. The lowest BCUT2D eigenvalue weighted by atomic mass is 9.85. The molecule has 3 atom stereocenters. The molecule has 0 spiro atoms. The third kappa shape index (κ3) is 3.91. The Kier molecular flexibility index (Phi) is 5.55. The molecule has 2 aromatic rings. The van der Waals surface area contributed by atoms with Gasteiger partial charge in [-0.3, -0.25) is 24.1 Å². The molecule has 5 rings (SSSR count). The normalized spacial score (nSPS) is 24.1. The van der Waals surface area contributed by atoms with Gasteiger partial charge in [0.05, 0.1) is 23.4 Å². The smallest absolute Gasteiger partial charge is 0.316 e. The second kappa shape index (κ2) is 8.56. The van der Waals surface area contributed by atoms with Crippen molar-refractivity contribution < 1.29 is 23.9 Å². The lowest BCUT2D eigenvalue weighted by Gasteiger charge is -2.18. The number of esters is 1. The fraction of sp³-hybridized carbons (Fsp3) is 0.333. The highest BCUT2D eigenvalue weighted by atomic mass is 16.5. The first-order valence-corrected chi connectivity index (χ1v) is 11.5. The van der Waals surface area contributed by atoms with Gasteiger partial charge in [0.25, 0.3) is 0 Å². The van der Waals surface area contributed by atoms with Gasteiger partial charge in [0.1, 0.15) is 5.75 Å². The standard InChI is InChI=1S/C27H26N2O5/c1-16-11-17(2)13-20(12-16)28-15-18(14-24(28)30)27(33)34-21-9-7-19(8-10-21)29-25(31)22-5-3-4-6-23(22)26(29)32/h3-4,7-13,18,22-23H,5-6,14-15H2,1-2H3/t18-,22-,23+/m0/s1. The lowest BCUT2D eigenvalue weighted by molar-refractivity contribution is -0.139. The Morgan fingerprint density at radius 1 is 0.853 bits per heavy atom. The molecule has 0 saturated carbocycles. The third-order valence-electron chi connectivity index (χ3n) is 6.80. The van der Waals surface area contributed by atoms with Gasteiger partial charge in [-0.2, -0.15) is 0 Å². The van der Waals surface area contributed by atoms with E-state index < -0.39 is 11.9 Å². The topological polar surface area (TPSA) is 84.0 Å². The molecule has 0 radical (unpaired) electrons. The molecule has 2 fully saturated rings. The van der Waals surface area contributed by atoms with Crippen LogP contribution in [0.1, 0.15) is 30.4 Å². The molecular weight excluding hydrogens is 432 g/mol. The summed E-state index contributed by atoms with van der Waals surface area (Å²) < 4.78 is 5.53. The number of carbonyl (C=O) groups excluding carboxylic acids is 4. The minimum absolute atomic E-state index is 0.0947. The van der Waals surface area contributed by atoms with Crippen LogP contribution in [0, 0.1) is 31.6 Å². The summed E-state index contributed by atoms with van der Waals surface area (Å²) in [5, 5.41) is 0. The van der Waals surface area contributed by atoms with Crippen LogP contribution in [-0.4, -0.2) is 30.2 Å². The van der Waals surface area contributed by atoms with E-state index in [0.29, 0.717) is 24.3 Å². The van der Waals surface area contributed by atoms with E-state index in [9.17, 15) is 19.2 Å². The summed E-state index contributed by atoms with van der Waals surface area (Å²) in [6.45, 7) is 4.22. The first-order chi connectivity index (χ1) is 16.3. The Labute approximate surface area is 198 Å². The van der Waals surface area contributed by atoms with Gasteiger partial charge < -0.3 is 9.64 Å². The van der Waals surface area contributed by atoms with Crippen LogP contribution in [0.2, 0.25) is 0 Å². The first-order valence-electron chi connectivity index (χ1n) is 11.5. The summed E-state index contributed by atoms with van der Waals surface area (Å²) in [6, 6.07) is 12.3. The summed E-state index contributed by atoms with van der Waals surface area (Å²) in [4.78, 5) is 53.7. The second-order valence-corrected chi connectivity index (χ2v) is 9.33. The van der Waals surface area contributed by atoms with Crippen LogP contribution in [0.15, 0.2) is 54.6 Å². The van der Waals surface area contributed by atoms with E-state index in [1.165, 1.54) is 4.90 Å². The Bertz CT molecular complexity index is 1170. The Balaban J connectivity index is 1.25. The number of ether oxygens (including phenoxy) is 1. The van der Waals surface area contributed by atoms with Gasteiger partial charge >= 0.3 is 5.97 Å². The number of aryl methyl sites for hydroxylation is 2. The molecule has 7 heteroatoms. The van der Waals surface area contributed by atoms with Crippen molar-refractivity contribution in [2.45, 2.75) is 33.1 Å². The van der Waals surface area contributed by atoms with Crippen LogP contribution >= 0.6 is 0 Å². The number of rotatable bonds is 4. The van der Waals surface area contributed by atoms with Crippen LogP contribution in [0.4, 0.5) is 11.4 Å².